The van der Waals surface area contributed by atoms with Crippen LogP contribution in [-0.2, 0) is 0 Å². The van der Waals surface area contributed by atoms with Crippen molar-refractivity contribution >= 4 is 23.2 Å². The Hall–Kier alpha value is -2.93. The molecular formula is C13H12N4O3. The van der Waals surface area contributed by atoms with Crippen LogP contribution in [0.1, 0.15) is 20.8 Å². The van der Waals surface area contributed by atoms with Crippen molar-refractivity contribution in [3.63, 3.8) is 0 Å². The second-order valence-corrected chi connectivity index (χ2v) is 3.91. The number of nitrogen functional groups attached to an aromatic ring is 1. The van der Waals surface area contributed by atoms with Crippen molar-refractivity contribution in [1.82, 2.24) is 10.5 Å². The van der Waals surface area contributed by atoms with Gasteiger partial charge in [0.15, 0.2) is 0 Å². The largest absolute Gasteiger partial charge is 0.397 e. The van der Waals surface area contributed by atoms with Crippen LogP contribution in [0, 0.1) is 0 Å². The minimum absolute atomic E-state index is 0.00303. The van der Waals surface area contributed by atoms with Gasteiger partial charge in [0.25, 0.3) is 11.8 Å². The van der Waals surface area contributed by atoms with Gasteiger partial charge in [0, 0.05) is 6.20 Å². The van der Waals surface area contributed by atoms with Crippen LogP contribution in [0.4, 0.5) is 11.4 Å². The van der Waals surface area contributed by atoms with Gasteiger partial charge in [0.2, 0.25) is 0 Å². The van der Waals surface area contributed by atoms with Crippen LogP contribution in [0.3, 0.4) is 0 Å². The van der Waals surface area contributed by atoms with Crippen molar-refractivity contribution in [1.29, 1.82) is 0 Å². The molecule has 0 fully saturated rings. The van der Waals surface area contributed by atoms with Gasteiger partial charge in [-0.1, -0.05) is 12.1 Å². The summed E-state index contributed by atoms with van der Waals surface area (Å²) in [5.41, 5.74) is 8.39. The van der Waals surface area contributed by atoms with Crippen LogP contribution in [-0.4, -0.2) is 22.0 Å². The second-order valence-electron chi connectivity index (χ2n) is 3.91. The molecule has 0 bridgehead atoms. The normalized spacial score (nSPS) is 9.85. The molecule has 1 aromatic heterocycles. The highest BCUT2D eigenvalue weighted by molar-refractivity contribution is 6.05. The first-order valence-electron chi connectivity index (χ1n) is 5.68. The fourth-order valence-electron chi connectivity index (χ4n) is 1.53. The Balaban J connectivity index is 2.14. The van der Waals surface area contributed by atoms with Gasteiger partial charge >= 0.3 is 0 Å². The van der Waals surface area contributed by atoms with Gasteiger partial charge in [0.05, 0.1) is 16.9 Å². The molecule has 0 unspecified atom stereocenters. The van der Waals surface area contributed by atoms with Gasteiger partial charge < -0.3 is 11.1 Å². The number of rotatable bonds is 3. The van der Waals surface area contributed by atoms with Crippen molar-refractivity contribution in [2.24, 2.45) is 0 Å². The minimum atomic E-state index is -0.746. The molecule has 20 heavy (non-hydrogen) atoms. The molecule has 7 heteroatoms. The smallest absolute Gasteiger partial charge is 0.293 e. The number of carbonyl (C=O) groups is 2. The molecule has 0 aliphatic carbocycles. The van der Waals surface area contributed by atoms with Crippen LogP contribution < -0.4 is 16.5 Å². The molecule has 1 heterocycles. The number of carbonyl (C=O) groups excluding carboxylic acids is 2. The van der Waals surface area contributed by atoms with E-state index in [1.165, 1.54) is 23.8 Å². The fourth-order valence-corrected chi connectivity index (χ4v) is 1.53. The lowest BCUT2D eigenvalue weighted by Crippen LogP contribution is -2.20. The predicted octanol–water partition coefficient (Wildman–Crippen LogP) is 1.04. The highest BCUT2D eigenvalue weighted by atomic mass is 16.5. The molecule has 2 rings (SSSR count). The van der Waals surface area contributed by atoms with E-state index in [1.54, 1.807) is 24.3 Å². The number of nitrogens with zero attached hydrogens (tertiary/aromatic N) is 1. The van der Waals surface area contributed by atoms with E-state index in [-0.39, 0.29) is 11.3 Å². The van der Waals surface area contributed by atoms with E-state index in [2.05, 4.69) is 10.3 Å². The lowest BCUT2D eigenvalue weighted by Gasteiger charge is -2.07. The summed E-state index contributed by atoms with van der Waals surface area (Å²) in [5.74, 6) is -1.14. The number of amides is 2. The van der Waals surface area contributed by atoms with E-state index in [9.17, 15) is 9.59 Å². The first kappa shape index (κ1) is 13.5. The molecule has 5 N–H and O–H groups in total. The van der Waals surface area contributed by atoms with Crippen LogP contribution in [0.25, 0.3) is 0 Å². The summed E-state index contributed by atoms with van der Waals surface area (Å²) in [4.78, 5) is 26.8. The molecule has 2 aromatic rings. The van der Waals surface area contributed by atoms with E-state index < -0.39 is 11.8 Å². The minimum Gasteiger partial charge on any atom is -0.397 e. The zero-order valence-corrected chi connectivity index (χ0v) is 10.3. The summed E-state index contributed by atoms with van der Waals surface area (Å²) in [7, 11) is 0. The van der Waals surface area contributed by atoms with Crippen molar-refractivity contribution in [2.75, 3.05) is 11.1 Å². The summed E-state index contributed by atoms with van der Waals surface area (Å²) in [6, 6.07) is 9.60. The third-order valence-electron chi connectivity index (χ3n) is 2.57. The van der Waals surface area contributed by atoms with Crippen LogP contribution >= 0.6 is 0 Å². The Labute approximate surface area is 114 Å². The number of hydrogen-bond donors (Lipinski definition) is 4. The fraction of sp³-hybridized carbons (Fsp3) is 0. The van der Waals surface area contributed by atoms with Gasteiger partial charge in [-0.25, -0.2) is 5.48 Å². The number of nitrogens with one attached hydrogen (secondary N) is 2. The molecule has 0 saturated heterocycles. The number of hydroxylamine groups is 1. The van der Waals surface area contributed by atoms with E-state index in [1.807, 2.05) is 0 Å². The second kappa shape index (κ2) is 5.81. The molecule has 102 valence electrons. The lowest BCUT2D eigenvalue weighted by atomic mass is 10.2. The Bertz CT molecular complexity index is 640. The van der Waals surface area contributed by atoms with Gasteiger partial charge in [-0.15, -0.1) is 0 Å². The van der Waals surface area contributed by atoms with Crippen LogP contribution in [0.15, 0.2) is 42.6 Å². The number of pyridine rings is 1. The van der Waals surface area contributed by atoms with Crippen molar-refractivity contribution < 1.29 is 14.8 Å². The summed E-state index contributed by atoms with van der Waals surface area (Å²) in [6.45, 7) is 0. The number of hydrogen-bond acceptors (Lipinski definition) is 5. The topological polar surface area (TPSA) is 117 Å². The lowest BCUT2D eigenvalue weighted by molar-refractivity contribution is 0.0700. The zero-order chi connectivity index (χ0) is 14.5. The molecule has 0 atom stereocenters. The summed E-state index contributed by atoms with van der Waals surface area (Å²) >= 11 is 0. The summed E-state index contributed by atoms with van der Waals surface area (Å²) in [5, 5.41) is 11.1. The highest BCUT2D eigenvalue weighted by Gasteiger charge is 2.10. The molecule has 1 aromatic carbocycles. The molecule has 0 radical (unpaired) electrons. The van der Waals surface area contributed by atoms with E-state index >= 15 is 0 Å². The Morgan fingerprint density at radius 2 is 1.85 bits per heavy atom. The predicted molar refractivity (Wildman–Crippen MR) is 72.3 cm³/mol. The quantitative estimate of drug-likeness (QED) is 0.378. The molecule has 0 saturated carbocycles. The first-order chi connectivity index (χ1) is 9.61. The molecule has 0 spiro atoms. The van der Waals surface area contributed by atoms with Crippen LogP contribution in [0.2, 0.25) is 0 Å². The standard InChI is InChI=1S/C13H12N4O3/c14-9-3-1-2-4-10(9)16-12(18)8-5-6-11(15-7-8)13(19)17-20/h1-7,20H,14H2,(H,16,18)(H,17,19). The third kappa shape index (κ3) is 2.90. The average Bonchev–Trinajstić information content (AvgIpc) is 2.49. The van der Waals surface area contributed by atoms with E-state index in [0.717, 1.165) is 0 Å². The molecule has 0 aliphatic heterocycles. The number of anilines is 2. The maximum Gasteiger partial charge on any atom is 0.293 e. The number of nitrogens with two attached hydrogens (primary N) is 1. The Kier molecular flexibility index (Phi) is 3.92. The average molecular weight is 272 g/mol. The summed E-state index contributed by atoms with van der Waals surface area (Å²) in [6.07, 6.45) is 1.24. The van der Waals surface area contributed by atoms with Crippen molar-refractivity contribution in [2.45, 2.75) is 0 Å². The number of aromatic nitrogens is 1. The maximum atomic E-state index is 12.0. The SMILES string of the molecule is Nc1ccccc1NC(=O)c1ccc(C(=O)NO)nc1. The van der Waals surface area contributed by atoms with E-state index in [4.69, 9.17) is 10.9 Å². The number of benzene rings is 1. The third-order valence-corrected chi connectivity index (χ3v) is 2.57. The Morgan fingerprint density at radius 1 is 1.10 bits per heavy atom. The van der Waals surface area contributed by atoms with Crippen LogP contribution in [0.5, 0.6) is 0 Å². The molecule has 2 amide bonds. The van der Waals surface area contributed by atoms with Gasteiger partial charge in [-0.05, 0) is 24.3 Å². The first-order valence-corrected chi connectivity index (χ1v) is 5.68. The summed E-state index contributed by atoms with van der Waals surface area (Å²) < 4.78 is 0. The van der Waals surface area contributed by atoms with Crippen molar-refractivity contribution in [3.8, 4) is 0 Å². The van der Waals surface area contributed by atoms with Crippen molar-refractivity contribution in [3.05, 3.63) is 53.9 Å². The molecule has 7 nitrogen and oxygen atoms in total. The maximum absolute atomic E-state index is 12.0. The highest BCUT2D eigenvalue weighted by Crippen LogP contribution is 2.17. The van der Waals surface area contributed by atoms with Gasteiger partial charge in [-0.2, -0.15) is 0 Å². The van der Waals surface area contributed by atoms with Gasteiger partial charge in [0.1, 0.15) is 5.69 Å². The van der Waals surface area contributed by atoms with Gasteiger partial charge in [-0.3, -0.25) is 19.8 Å². The van der Waals surface area contributed by atoms with E-state index in [0.29, 0.717) is 11.4 Å². The molecule has 0 aliphatic rings. The molecular weight excluding hydrogens is 260 g/mol. The monoisotopic (exact) mass is 272 g/mol. The zero-order valence-electron chi connectivity index (χ0n) is 10.3. The Morgan fingerprint density at radius 3 is 2.45 bits per heavy atom. The number of para-hydroxylation sites is 2.